The second kappa shape index (κ2) is 18.1. The predicted octanol–water partition coefficient (Wildman–Crippen LogP) is 15.3. The highest BCUT2D eigenvalue weighted by atomic mass is 16.3. The molecule has 5 heteroatoms. The van der Waals surface area contributed by atoms with Crippen LogP contribution in [0.2, 0.25) is 0 Å². The molecule has 5 heterocycles. The van der Waals surface area contributed by atoms with Gasteiger partial charge in [0.05, 0.1) is 17.1 Å². The average Bonchev–Trinajstić information content (AvgIpc) is 3.83. The number of fused-ring (bicyclic) bond motifs is 3. The van der Waals surface area contributed by atoms with Crippen LogP contribution in [0.3, 0.4) is 0 Å². The zero-order valence-corrected chi connectivity index (χ0v) is 37.9. The lowest BCUT2D eigenvalue weighted by atomic mass is 9.77. The second-order valence-corrected chi connectivity index (χ2v) is 18.5. The minimum atomic E-state index is -2.84. The van der Waals surface area contributed by atoms with Gasteiger partial charge >= 0.3 is 0 Å². The van der Waals surface area contributed by atoms with E-state index in [9.17, 15) is 5.48 Å². The molecule has 0 spiro atoms. The van der Waals surface area contributed by atoms with Crippen molar-refractivity contribution in [1.29, 1.82) is 0 Å². The fourth-order valence-corrected chi connectivity index (χ4v) is 9.06. The highest BCUT2D eigenvalue weighted by Crippen LogP contribution is 2.38. The third kappa shape index (κ3) is 9.20. The molecule has 0 aliphatic heterocycles. The average molecular weight is 883 g/mol. The molecule has 0 radical (unpaired) electrons. The van der Waals surface area contributed by atoms with E-state index in [1.165, 1.54) is 18.3 Å². The summed E-state index contributed by atoms with van der Waals surface area (Å²) in [5, 5.41) is 0.522. The molecule has 0 saturated carbocycles. The highest BCUT2D eigenvalue weighted by molar-refractivity contribution is 6.07. The van der Waals surface area contributed by atoms with Gasteiger partial charge in [-0.2, -0.15) is 0 Å². The summed E-state index contributed by atoms with van der Waals surface area (Å²) in [6, 6.07) is 49.8. The van der Waals surface area contributed by atoms with Crippen molar-refractivity contribution in [1.82, 2.24) is 19.9 Å². The van der Waals surface area contributed by atoms with Crippen molar-refractivity contribution in [3.05, 3.63) is 227 Å². The Morgan fingerprint density at radius 1 is 0.507 bits per heavy atom. The predicted molar refractivity (Wildman–Crippen MR) is 276 cm³/mol. The Hall–Kier alpha value is -7.50. The van der Waals surface area contributed by atoms with Crippen LogP contribution in [-0.4, -0.2) is 19.9 Å². The fourth-order valence-electron chi connectivity index (χ4n) is 9.06. The van der Waals surface area contributed by atoms with Gasteiger partial charge in [0, 0.05) is 60.1 Å². The Labute approximate surface area is 408 Å². The van der Waals surface area contributed by atoms with Crippen LogP contribution in [0.4, 0.5) is 0 Å². The Morgan fingerprint density at radius 2 is 1.10 bits per heavy atom. The van der Waals surface area contributed by atoms with Crippen molar-refractivity contribution in [3.63, 3.8) is 0 Å². The summed E-state index contributed by atoms with van der Waals surface area (Å²) in [5.41, 5.74) is 8.11. The summed E-state index contributed by atoms with van der Waals surface area (Å²) >= 11 is 0. The molecular weight excluding hydrogens is 817 g/mol. The molecule has 0 bridgehead atoms. The van der Waals surface area contributed by atoms with Crippen LogP contribution in [0.25, 0.3) is 67.0 Å². The molecule has 67 heavy (non-hydrogen) atoms. The van der Waals surface area contributed by atoms with Crippen molar-refractivity contribution in [3.8, 4) is 44.9 Å². The summed E-state index contributed by atoms with van der Waals surface area (Å²) in [4.78, 5) is 18.9. The third-order valence-corrected chi connectivity index (χ3v) is 12.7. The van der Waals surface area contributed by atoms with Crippen molar-refractivity contribution in [2.75, 3.05) is 0 Å². The van der Waals surface area contributed by atoms with Crippen molar-refractivity contribution < 1.29 is 18.1 Å². The molecule has 0 aliphatic rings. The molecule has 330 valence electrons. The first-order valence-corrected chi connectivity index (χ1v) is 22.5. The topological polar surface area (TPSA) is 64.7 Å². The maximum absolute atomic E-state index is 10.1. The van der Waals surface area contributed by atoms with E-state index in [0.29, 0.717) is 40.5 Å². The fraction of sp³-hybridized carbons (Fsp3) is 0.194. The minimum Gasteiger partial charge on any atom is -0.454 e. The van der Waals surface area contributed by atoms with Crippen LogP contribution < -0.4 is 0 Å². The van der Waals surface area contributed by atoms with Gasteiger partial charge in [-0.1, -0.05) is 149 Å². The molecule has 0 unspecified atom stereocenters. The third-order valence-electron chi connectivity index (χ3n) is 12.7. The van der Waals surface area contributed by atoms with Gasteiger partial charge in [0.25, 0.3) is 0 Å². The van der Waals surface area contributed by atoms with E-state index in [2.05, 4.69) is 50.9 Å². The first kappa shape index (κ1) is 33.0. The Kier molecular flexibility index (Phi) is 8.90. The number of nitrogens with zero attached hydrogens (tertiary/aromatic N) is 4. The number of aryl methyl sites for hydroxylation is 4. The molecule has 5 nitrogen and oxygen atoms in total. The van der Waals surface area contributed by atoms with Gasteiger partial charge in [-0.15, -0.1) is 0 Å². The van der Waals surface area contributed by atoms with Gasteiger partial charge in [0.1, 0.15) is 11.1 Å². The van der Waals surface area contributed by atoms with Gasteiger partial charge in [-0.3, -0.25) is 15.0 Å². The number of furan rings is 1. The van der Waals surface area contributed by atoms with Gasteiger partial charge < -0.3 is 4.42 Å². The lowest BCUT2D eigenvalue weighted by Crippen LogP contribution is -2.23. The van der Waals surface area contributed by atoms with E-state index >= 15 is 0 Å². The maximum atomic E-state index is 10.1. The molecule has 10 rings (SSSR count). The maximum Gasteiger partial charge on any atom is 0.153 e. The smallest absolute Gasteiger partial charge is 0.153 e. The normalized spacial score (nSPS) is 15.0. The number of hydrogen-bond donors (Lipinski definition) is 0. The van der Waals surface area contributed by atoms with E-state index in [1.54, 1.807) is 60.7 Å². The summed E-state index contributed by atoms with van der Waals surface area (Å²) in [7, 11) is 0. The number of pyridine rings is 4. The van der Waals surface area contributed by atoms with Crippen LogP contribution in [0.15, 0.2) is 187 Å². The first-order chi connectivity index (χ1) is 36.4. The molecule has 0 amide bonds. The van der Waals surface area contributed by atoms with E-state index in [4.69, 9.17) is 27.6 Å². The zero-order valence-electron chi connectivity index (χ0n) is 47.9. The quantitative estimate of drug-likeness (QED) is 0.115. The van der Waals surface area contributed by atoms with E-state index in [-0.39, 0.29) is 39.2 Å². The largest absolute Gasteiger partial charge is 0.454 e. The summed E-state index contributed by atoms with van der Waals surface area (Å²) in [6.45, 7) is 3.39. The summed E-state index contributed by atoms with van der Waals surface area (Å²) in [6.07, 6.45) is 0.393. The van der Waals surface area contributed by atoms with Crippen molar-refractivity contribution in [2.45, 2.75) is 77.8 Å². The molecular formula is C62H56N4O. The van der Waals surface area contributed by atoms with Crippen molar-refractivity contribution >= 4 is 22.1 Å². The Balaban J connectivity index is 1.09. The molecule has 5 aromatic carbocycles. The Morgan fingerprint density at radius 3 is 1.72 bits per heavy atom. The van der Waals surface area contributed by atoms with Gasteiger partial charge in [-0.25, -0.2) is 4.98 Å². The van der Waals surface area contributed by atoms with Crippen LogP contribution in [-0.2, 0) is 36.4 Å². The van der Waals surface area contributed by atoms with Crippen LogP contribution in [0, 0.1) is 13.7 Å². The number of hydrogen-bond acceptors (Lipinski definition) is 5. The minimum absolute atomic E-state index is 0.0515. The lowest BCUT2D eigenvalue weighted by Gasteiger charge is -2.28. The van der Waals surface area contributed by atoms with E-state index in [1.807, 2.05) is 85.2 Å². The van der Waals surface area contributed by atoms with Gasteiger partial charge in [-0.05, 0) is 143 Å². The molecule has 5 aromatic heterocycles. The van der Waals surface area contributed by atoms with E-state index in [0.717, 1.165) is 44.8 Å². The monoisotopic (exact) mass is 883 g/mol. The van der Waals surface area contributed by atoms with Crippen LogP contribution in [0.1, 0.15) is 86.0 Å². The number of rotatable bonds is 13. The number of para-hydroxylation sites is 1. The van der Waals surface area contributed by atoms with Crippen LogP contribution in [0.5, 0.6) is 0 Å². The second-order valence-electron chi connectivity index (χ2n) is 18.5. The lowest BCUT2D eigenvalue weighted by molar-refractivity contribution is 0.512. The molecule has 0 atom stereocenters. The van der Waals surface area contributed by atoms with Crippen LogP contribution >= 0.6 is 0 Å². The standard InChI is InChI=1S/C62H56N4O/c1-41-16-13-14-21-51(41)54-35-57(52-22-15-23-53-59-58(67-60(52)53)31-24-42(2)66-59)63-38-48(54)26-25-43-32-44(36-61(3,4)49-27-29-55(64-39-49)46-17-9-7-10-18-46)34-45(33-43)37-62(5,6)50-28-30-56(65-40-50)47-19-11-8-12-20-47/h7-24,27-35,38-40H,25-26,36-37H2,1-6H3/i1D3,2D3,25D2,26D2. The van der Waals surface area contributed by atoms with Gasteiger partial charge in [0.2, 0.25) is 0 Å². The molecule has 0 fully saturated rings. The number of benzene rings is 5. The SMILES string of the molecule is [2H]C([2H])([2H])c1ccc2oc3c(-c4cc(-c5ccccc5C([2H])([2H])[2H])c(C([2H])([2H])C([2H])([2H])c5cc(CC(C)(C)c6ccc(-c7ccccc7)nc6)cc(CC(C)(C)c6ccc(-c7ccccc7)nc6)c5)cn4)cccc3c2n1. The van der Waals surface area contributed by atoms with Gasteiger partial charge in [0.15, 0.2) is 5.58 Å². The molecule has 0 saturated heterocycles. The number of aromatic nitrogens is 4. The molecule has 10 aromatic rings. The molecule has 0 aliphatic carbocycles. The summed E-state index contributed by atoms with van der Waals surface area (Å²) in [5.74, 6) is 0. The highest BCUT2D eigenvalue weighted by Gasteiger charge is 2.26. The summed E-state index contributed by atoms with van der Waals surface area (Å²) < 4.78 is 96.2. The first-order valence-electron chi connectivity index (χ1n) is 27.5. The van der Waals surface area contributed by atoms with E-state index < -0.39 is 37.3 Å². The Bertz CT molecular complexity index is 3660. The molecule has 0 N–H and O–H groups in total. The zero-order chi connectivity index (χ0) is 54.7. The van der Waals surface area contributed by atoms with Crippen molar-refractivity contribution in [2.24, 2.45) is 0 Å².